The predicted octanol–water partition coefficient (Wildman–Crippen LogP) is 4.19. The molecular weight excluding hydrogens is 264 g/mol. The molecule has 0 aromatic heterocycles. The molecule has 0 N–H and O–H groups in total. The molecule has 3 heteroatoms. The number of carbonyl (C=O) groups excluding carboxylic acids is 1. The Morgan fingerprint density at radius 3 is 2.62 bits per heavy atom. The lowest BCUT2D eigenvalue weighted by Crippen LogP contribution is -2.09. The summed E-state index contributed by atoms with van der Waals surface area (Å²) in [7, 11) is 1.65. The third-order valence-corrected chi connectivity index (χ3v) is 3.73. The number of methoxy groups -OCH3 is 1. The van der Waals surface area contributed by atoms with E-state index in [-0.39, 0.29) is 5.78 Å². The number of ether oxygens (including phenoxy) is 2. The van der Waals surface area contributed by atoms with Gasteiger partial charge in [-0.1, -0.05) is 24.6 Å². The van der Waals surface area contributed by atoms with E-state index in [1.54, 1.807) is 13.4 Å². The monoisotopic (exact) mass is 286 g/mol. The van der Waals surface area contributed by atoms with Gasteiger partial charge in [-0.25, -0.2) is 0 Å². The summed E-state index contributed by atoms with van der Waals surface area (Å²) in [5.41, 5.74) is 3.16. The zero-order valence-corrected chi connectivity index (χ0v) is 12.7. The molecule has 0 fully saturated rings. The van der Waals surface area contributed by atoms with Crippen molar-refractivity contribution in [1.82, 2.24) is 0 Å². The molecule has 3 nitrogen and oxygen atoms in total. The minimum absolute atomic E-state index is 0.238. The highest BCUT2D eigenvalue weighted by atomic mass is 16.5. The van der Waals surface area contributed by atoms with Crippen LogP contribution in [0.15, 0.2) is 47.7 Å². The first kappa shape index (κ1) is 15.4. The fourth-order valence-corrected chi connectivity index (χ4v) is 2.49. The molecule has 2 rings (SSSR count). The number of hydrogen-bond donors (Lipinski definition) is 0. The maximum atomic E-state index is 11.9. The summed E-state index contributed by atoms with van der Waals surface area (Å²) in [6.45, 7) is 2.59. The number of carbonyl (C=O) groups is 1. The molecule has 112 valence electrons. The third kappa shape index (κ3) is 4.22. The van der Waals surface area contributed by atoms with Crippen LogP contribution in [0.3, 0.4) is 0 Å². The molecule has 0 radical (unpaired) electrons. The SMILES string of the molecule is CCC1=C(/C=C/OCc2ccc(OC)cc2)C(=O)CCC1. The van der Waals surface area contributed by atoms with E-state index in [2.05, 4.69) is 6.92 Å². The van der Waals surface area contributed by atoms with Crippen LogP contribution < -0.4 is 4.74 Å². The maximum absolute atomic E-state index is 11.9. The van der Waals surface area contributed by atoms with Gasteiger partial charge in [-0.05, 0) is 43.0 Å². The van der Waals surface area contributed by atoms with Gasteiger partial charge >= 0.3 is 0 Å². The Morgan fingerprint density at radius 1 is 1.19 bits per heavy atom. The molecule has 0 spiro atoms. The van der Waals surface area contributed by atoms with E-state index >= 15 is 0 Å². The summed E-state index contributed by atoms with van der Waals surface area (Å²) in [6.07, 6.45) is 7.06. The van der Waals surface area contributed by atoms with Gasteiger partial charge in [0.05, 0.1) is 13.4 Å². The number of rotatable bonds is 6. The number of ketones is 1. The first-order chi connectivity index (χ1) is 10.2. The van der Waals surface area contributed by atoms with Crippen molar-refractivity contribution in [3.8, 4) is 5.75 Å². The molecule has 0 unspecified atom stereocenters. The van der Waals surface area contributed by atoms with Gasteiger partial charge < -0.3 is 9.47 Å². The minimum atomic E-state index is 0.238. The topological polar surface area (TPSA) is 35.5 Å². The van der Waals surface area contributed by atoms with Crippen molar-refractivity contribution in [2.75, 3.05) is 7.11 Å². The second-order valence-electron chi connectivity index (χ2n) is 5.11. The smallest absolute Gasteiger partial charge is 0.162 e. The molecule has 1 aliphatic rings. The highest BCUT2D eigenvalue weighted by molar-refractivity contribution is 5.99. The highest BCUT2D eigenvalue weighted by Gasteiger charge is 2.16. The van der Waals surface area contributed by atoms with E-state index in [4.69, 9.17) is 9.47 Å². The van der Waals surface area contributed by atoms with Crippen molar-refractivity contribution in [1.29, 1.82) is 0 Å². The summed E-state index contributed by atoms with van der Waals surface area (Å²) >= 11 is 0. The lowest BCUT2D eigenvalue weighted by Gasteiger charge is -2.15. The van der Waals surface area contributed by atoms with Gasteiger partial charge in [0.15, 0.2) is 5.78 Å². The average molecular weight is 286 g/mol. The van der Waals surface area contributed by atoms with E-state index in [9.17, 15) is 4.79 Å². The minimum Gasteiger partial charge on any atom is -0.497 e. The molecule has 0 saturated carbocycles. The van der Waals surface area contributed by atoms with Gasteiger partial charge in [-0.15, -0.1) is 0 Å². The Bertz CT molecular complexity index is 538. The molecule has 0 saturated heterocycles. The number of Topliss-reactive ketones (excluding diaryl/α,β-unsaturated/α-hetero) is 1. The summed E-state index contributed by atoms with van der Waals surface area (Å²) in [6, 6.07) is 7.75. The average Bonchev–Trinajstić information content (AvgIpc) is 2.53. The molecule has 1 aromatic carbocycles. The van der Waals surface area contributed by atoms with E-state index < -0.39 is 0 Å². The Hall–Kier alpha value is -2.03. The molecular formula is C18H22O3. The first-order valence-corrected chi connectivity index (χ1v) is 7.41. The molecule has 0 heterocycles. The molecule has 1 aromatic rings. The molecule has 0 aliphatic heterocycles. The van der Waals surface area contributed by atoms with Gasteiger partial charge in [0, 0.05) is 12.0 Å². The van der Waals surface area contributed by atoms with E-state index in [1.807, 2.05) is 30.3 Å². The van der Waals surface area contributed by atoms with Crippen LogP contribution in [-0.4, -0.2) is 12.9 Å². The van der Waals surface area contributed by atoms with Crippen molar-refractivity contribution >= 4 is 5.78 Å². The molecule has 0 atom stereocenters. The zero-order valence-electron chi connectivity index (χ0n) is 12.7. The molecule has 0 bridgehead atoms. The lowest BCUT2D eigenvalue weighted by atomic mass is 9.89. The number of hydrogen-bond acceptors (Lipinski definition) is 3. The van der Waals surface area contributed by atoms with E-state index in [1.165, 1.54) is 5.57 Å². The predicted molar refractivity (Wildman–Crippen MR) is 83.1 cm³/mol. The maximum Gasteiger partial charge on any atom is 0.162 e. The fraction of sp³-hybridized carbons (Fsp3) is 0.389. The molecule has 1 aliphatic carbocycles. The van der Waals surface area contributed by atoms with Crippen molar-refractivity contribution < 1.29 is 14.3 Å². The van der Waals surface area contributed by atoms with Crippen LogP contribution in [0.25, 0.3) is 0 Å². The highest BCUT2D eigenvalue weighted by Crippen LogP contribution is 2.25. The van der Waals surface area contributed by atoms with Gasteiger partial charge in [0.1, 0.15) is 12.4 Å². The van der Waals surface area contributed by atoms with Crippen molar-refractivity contribution in [3.63, 3.8) is 0 Å². The van der Waals surface area contributed by atoms with Gasteiger partial charge in [-0.3, -0.25) is 4.79 Å². The van der Waals surface area contributed by atoms with Gasteiger partial charge in [0.2, 0.25) is 0 Å². The second kappa shape index (κ2) is 7.67. The van der Waals surface area contributed by atoms with Crippen molar-refractivity contribution in [2.45, 2.75) is 39.2 Å². The number of benzene rings is 1. The second-order valence-corrected chi connectivity index (χ2v) is 5.11. The summed E-state index contributed by atoms with van der Waals surface area (Å²) in [4.78, 5) is 11.9. The number of allylic oxidation sites excluding steroid dienone is 3. The quantitative estimate of drug-likeness (QED) is 0.736. The van der Waals surface area contributed by atoms with Crippen LogP contribution in [0.2, 0.25) is 0 Å². The van der Waals surface area contributed by atoms with Crippen LogP contribution >= 0.6 is 0 Å². The molecule has 21 heavy (non-hydrogen) atoms. The van der Waals surface area contributed by atoms with Crippen LogP contribution in [-0.2, 0) is 16.1 Å². The fourth-order valence-electron chi connectivity index (χ4n) is 2.49. The van der Waals surface area contributed by atoms with Crippen LogP contribution in [0.5, 0.6) is 5.75 Å². The summed E-state index contributed by atoms with van der Waals surface area (Å²) in [5, 5.41) is 0. The normalized spacial score (nSPS) is 15.6. The lowest BCUT2D eigenvalue weighted by molar-refractivity contribution is -0.115. The Balaban J connectivity index is 1.92. The van der Waals surface area contributed by atoms with Crippen LogP contribution in [0, 0.1) is 0 Å². The van der Waals surface area contributed by atoms with Crippen LogP contribution in [0.1, 0.15) is 38.2 Å². The summed E-state index contributed by atoms with van der Waals surface area (Å²) < 4.78 is 10.6. The van der Waals surface area contributed by atoms with E-state index in [0.29, 0.717) is 13.0 Å². The molecule has 0 amide bonds. The first-order valence-electron chi connectivity index (χ1n) is 7.41. The standard InChI is InChI=1S/C18H22O3/c1-3-15-5-4-6-18(19)17(15)11-12-21-13-14-7-9-16(20-2)10-8-14/h7-12H,3-6,13H2,1-2H3/b12-11+. The van der Waals surface area contributed by atoms with Gasteiger partial charge in [0.25, 0.3) is 0 Å². The Labute approximate surface area is 126 Å². The largest absolute Gasteiger partial charge is 0.497 e. The third-order valence-electron chi connectivity index (χ3n) is 3.73. The summed E-state index contributed by atoms with van der Waals surface area (Å²) in [5.74, 6) is 1.07. The zero-order chi connectivity index (χ0) is 15.1. The van der Waals surface area contributed by atoms with Gasteiger partial charge in [-0.2, -0.15) is 0 Å². The van der Waals surface area contributed by atoms with E-state index in [0.717, 1.165) is 36.1 Å². The van der Waals surface area contributed by atoms with Crippen molar-refractivity contribution in [3.05, 3.63) is 53.3 Å². The van der Waals surface area contributed by atoms with Crippen molar-refractivity contribution in [2.24, 2.45) is 0 Å². The Morgan fingerprint density at radius 2 is 1.95 bits per heavy atom. The van der Waals surface area contributed by atoms with Crippen LogP contribution in [0.4, 0.5) is 0 Å². The Kier molecular flexibility index (Phi) is 5.61.